The van der Waals surface area contributed by atoms with Crippen molar-refractivity contribution in [2.45, 2.75) is 70.1 Å². The number of hydrogen-bond acceptors (Lipinski definition) is 8. The van der Waals surface area contributed by atoms with E-state index in [4.69, 9.17) is 10.5 Å². The molecule has 13 heteroatoms. The molecular formula is C30H42ClN5O7. The summed E-state index contributed by atoms with van der Waals surface area (Å²) in [5.74, 6) is -2.86. The van der Waals surface area contributed by atoms with Crippen LogP contribution in [0.5, 0.6) is 5.75 Å². The van der Waals surface area contributed by atoms with E-state index in [1.165, 1.54) is 26.2 Å². The van der Waals surface area contributed by atoms with Crippen molar-refractivity contribution in [3.05, 3.63) is 65.7 Å². The summed E-state index contributed by atoms with van der Waals surface area (Å²) in [5, 5.41) is 19.6. The van der Waals surface area contributed by atoms with Gasteiger partial charge in [-0.25, -0.2) is 4.79 Å². The normalized spacial score (nSPS) is 13.2. The van der Waals surface area contributed by atoms with Gasteiger partial charge in [0.15, 0.2) is 0 Å². The van der Waals surface area contributed by atoms with E-state index in [1.54, 1.807) is 36.4 Å². The zero-order valence-corrected chi connectivity index (χ0v) is 25.4. The van der Waals surface area contributed by atoms with Crippen LogP contribution >= 0.6 is 12.4 Å². The average Bonchev–Trinajstić information content (AvgIpc) is 2.98. The Hall–Kier alpha value is -4.16. The molecule has 0 saturated heterocycles. The number of amides is 4. The Balaban J connectivity index is 0.00000924. The van der Waals surface area contributed by atoms with E-state index >= 15 is 0 Å². The van der Waals surface area contributed by atoms with Crippen molar-refractivity contribution in [2.24, 2.45) is 5.73 Å². The second-order valence-electron chi connectivity index (χ2n) is 9.96. The Morgan fingerprint density at radius 3 is 2.07 bits per heavy atom. The van der Waals surface area contributed by atoms with Crippen LogP contribution in [0.15, 0.2) is 54.6 Å². The number of halogens is 1. The molecule has 0 aliphatic carbocycles. The number of ether oxygens (including phenoxy) is 1. The maximum Gasteiger partial charge on any atom is 0.328 e. The van der Waals surface area contributed by atoms with Gasteiger partial charge >= 0.3 is 5.97 Å². The number of rotatable bonds is 16. The summed E-state index contributed by atoms with van der Waals surface area (Å²) in [5.41, 5.74) is 7.48. The minimum atomic E-state index is -1.03. The van der Waals surface area contributed by atoms with Crippen molar-refractivity contribution >= 4 is 42.0 Å². The molecule has 0 heterocycles. The van der Waals surface area contributed by atoms with E-state index in [1.807, 2.05) is 13.0 Å². The number of phenolic OH excluding ortho intramolecular Hbond substituents is 1. The van der Waals surface area contributed by atoms with Crippen LogP contribution in [-0.2, 0) is 41.6 Å². The summed E-state index contributed by atoms with van der Waals surface area (Å²) < 4.78 is 4.82. The van der Waals surface area contributed by atoms with Gasteiger partial charge in [0, 0.05) is 6.42 Å². The molecule has 0 aromatic heterocycles. The maximum absolute atomic E-state index is 13.2. The van der Waals surface area contributed by atoms with Gasteiger partial charge in [-0.1, -0.05) is 62.2 Å². The van der Waals surface area contributed by atoms with Crippen LogP contribution in [0, 0.1) is 0 Å². The summed E-state index contributed by atoms with van der Waals surface area (Å²) >= 11 is 0. The third-order valence-corrected chi connectivity index (χ3v) is 6.49. The number of aromatic hydroxyl groups is 1. The molecule has 12 nitrogen and oxygen atoms in total. The van der Waals surface area contributed by atoms with Gasteiger partial charge in [-0.3, -0.25) is 19.2 Å². The van der Waals surface area contributed by atoms with E-state index in [-0.39, 0.29) is 31.0 Å². The first-order valence-corrected chi connectivity index (χ1v) is 13.9. The highest BCUT2D eigenvalue weighted by molar-refractivity contribution is 5.94. The summed E-state index contributed by atoms with van der Waals surface area (Å²) in [7, 11) is 1.24. The fourth-order valence-corrected chi connectivity index (χ4v) is 4.06. The van der Waals surface area contributed by atoms with Crippen molar-refractivity contribution in [1.82, 2.24) is 21.3 Å². The second-order valence-corrected chi connectivity index (χ2v) is 9.96. The van der Waals surface area contributed by atoms with Crippen LogP contribution in [0.4, 0.5) is 0 Å². The zero-order chi connectivity index (χ0) is 31.1. The van der Waals surface area contributed by atoms with Crippen LogP contribution in [0.3, 0.4) is 0 Å². The molecule has 0 aliphatic rings. The van der Waals surface area contributed by atoms with Crippen molar-refractivity contribution < 1.29 is 33.8 Å². The Kier molecular flexibility index (Phi) is 16.4. The SMILES string of the molecule is CCCC[C@H](NC(=O)[C@H](Cc1ccccc1)NC(=O)CNC(=O)[C@@H](C)NC(=O)[C@@H](N)Cc1ccc(O)cc1)C(=O)OC.Cl. The zero-order valence-electron chi connectivity index (χ0n) is 24.6. The lowest BCUT2D eigenvalue weighted by Crippen LogP contribution is -2.55. The molecular weight excluding hydrogens is 578 g/mol. The topological polar surface area (TPSA) is 189 Å². The number of unbranched alkanes of at least 4 members (excludes halogenated alkanes) is 1. The van der Waals surface area contributed by atoms with Crippen LogP contribution in [0.25, 0.3) is 0 Å². The molecule has 43 heavy (non-hydrogen) atoms. The summed E-state index contributed by atoms with van der Waals surface area (Å²) in [6.45, 7) is 2.96. The molecule has 236 valence electrons. The number of methoxy groups -OCH3 is 1. The van der Waals surface area contributed by atoms with E-state index in [9.17, 15) is 29.1 Å². The molecule has 0 fully saturated rings. The Bertz CT molecular complexity index is 1200. The lowest BCUT2D eigenvalue weighted by atomic mass is 10.0. The third-order valence-electron chi connectivity index (χ3n) is 6.49. The van der Waals surface area contributed by atoms with E-state index in [2.05, 4.69) is 21.3 Å². The van der Waals surface area contributed by atoms with Gasteiger partial charge in [-0.05, 0) is 43.0 Å². The molecule has 2 aromatic rings. The molecule has 0 saturated carbocycles. The molecule has 4 amide bonds. The molecule has 0 aliphatic heterocycles. The second kappa shape index (κ2) is 19.1. The van der Waals surface area contributed by atoms with Crippen LogP contribution in [0.2, 0.25) is 0 Å². The number of nitrogens with one attached hydrogen (secondary N) is 4. The van der Waals surface area contributed by atoms with E-state index < -0.39 is 60.3 Å². The van der Waals surface area contributed by atoms with Crippen molar-refractivity contribution in [2.75, 3.05) is 13.7 Å². The van der Waals surface area contributed by atoms with E-state index in [0.717, 1.165) is 17.5 Å². The standard InChI is InChI=1S/C30H41N5O7.ClH/c1-4-5-11-24(30(41)42-3)35-29(40)25(17-20-9-7-6-8-10-20)34-26(37)18-32-27(38)19(2)33-28(39)23(31)16-21-12-14-22(36)15-13-21;/h6-10,12-15,19,23-25,36H,4-5,11,16-18,31H2,1-3H3,(H,32,38)(H,33,39)(H,34,37)(H,35,40);1H/t19-,23+,24+,25+;/m1./s1. The number of phenols is 1. The fraction of sp³-hybridized carbons (Fsp3) is 0.433. The maximum atomic E-state index is 13.2. The lowest BCUT2D eigenvalue weighted by molar-refractivity contribution is -0.145. The monoisotopic (exact) mass is 619 g/mol. The first kappa shape index (κ1) is 36.9. The largest absolute Gasteiger partial charge is 0.508 e. The predicted molar refractivity (Wildman–Crippen MR) is 163 cm³/mol. The average molecular weight is 620 g/mol. The van der Waals surface area contributed by atoms with Crippen LogP contribution < -0.4 is 27.0 Å². The molecule has 2 rings (SSSR count). The van der Waals surface area contributed by atoms with Gasteiger partial charge in [0.2, 0.25) is 23.6 Å². The Labute approximate surface area is 257 Å². The first-order chi connectivity index (χ1) is 20.0. The summed E-state index contributed by atoms with van der Waals surface area (Å²) in [6, 6.07) is 11.5. The Morgan fingerprint density at radius 1 is 0.837 bits per heavy atom. The van der Waals surface area contributed by atoms with Crippen LogP contribution in [0.1, 0.15) is 44.2 Å². The molecule has 7 N–H and O–H groups in total. The van der Waals surface area contributed by atoms with Gasteiger partial charge in [-0.2, -0.15) is 0 Å². The van der Waals surface area contributed by atoms with E-state index in [0.29, 0.717) is 12.8 Å². The molecule has 2 aromatic carbocycles. The van der Waals surface area contributed by atoms with Crippen molar-refractivity contribution in [3.8, 4) is 5.75 Å². The smallest absolute Gasteiger partial charge is 0.328 e. The van der Waals surface area contributed by atoms with Crippen molar-refractivity contribution in [1.29, 1.82) is 0 Å². The molecule has 4 atom stereocenters. The summed E-state index contributed by atoms with van der Waals surface area (Å²) in [4.78, 5) is 63.1. The summed E-state index contributed by atoms with van der Waals surface area (Å²) in [6.07, 6.45) is 2.25. The van der Waals surface area contributed by atoms with Gasteiger partial charge in [0.05, 0.1) is 19.7 Å². The van der Waals surface area contributed by atoms with Gasteiger partial charge in [0.25, 0.3) is 0 Å². The number of benzene rings is 2. The minimum absolute atomic E-state index is 0. The number of nitrogens with two attached hydrogens (primary N) is 1. The molecule has 0 bridgehead atoms. The predicted octanol–water partition coefficient (Wildman–Crippen LogP) is 0.880. The fourth-order valence-electron chi connectivity index (χ4n) is 4.06. The van der Waals surface area contributed by atoms with Crippen molar-refractivity contribution in [3.63, 3.8) is 0 Å². The van der Waals surface area contributed by atoms with Gasteiger partial charge < -0.3 is 36.8 Å². The van der Waals surface area contributed by atoms with Crippen LogP contribution in [-0.4, -0.2) is 72.5 Å². The molecule has 0 radical (unpaired) electrons. The highest BCUT2D eigenvalue weighted by atomic mass is 35.5. The first-order valence-electron chi connectivity index (χ1n) is 13.9. The third kappa shape index (κ3) is 13.1. The lowest BCUT2D eigenvalue weighted by Gasteiger charge is -2.23. The quantitative estimate of drug-likeness (QED) is 0.149. The van der Waals surface area contributed by atoms with Gasteiger partial charge in [0.1, 0.15) is 23.9 Å². The number of carbonyl (C=O) groups excluding carboxylic acids is 5. The Morgan fingerprint density at radius 2 is 1.47 bits per heavy atom. The number of carbonyl (C=O) groups is 5. The minimum Gasteiger partial charge on any atom is -0.508 e. The highest BCUT2D eigenvalue weighted by Gasteiger charge is 2.28. The van der Waals surface area contributed by atoms with Gasteiger partial charge in [-0.15, -0.1) is 12.4 Å². The molecule has 0 unspecified atom stereocenters. The number of hydrogen-bond donors (Lipinski definition) is 6. The highest BCUT2D eigenvalue weighted by Crippen LogP contribution is 2.11. The molecule has 0 spiro atoms. The number of esters is 1.